The Balaban J connectivity index is 2.42. The van der Waals surface area contributed by atoms with Crippen LogP contribution >= 0.6 is 0 Å². The van der Waals surface area contributed by atoms with Crippen molar-refractivity contribution < 1.29 is 18.0 Å². The minimum atomic E-state index is -3.83. The first-order valence-corrected chi connectivity index (χ1v) is 6.84. The summed E-state index contributed by atoms with van der Waals surface area (Å²) in [6.07, 6.45) is 0. The summed E-state index contributed by atoms with van der Waals surface area (Å²) in [5, 5.41) is 12.8. The zero-order chi connectivity index (χ0) is 14.2. The lowest BCUT2D eigenvalue weighted by atomic mass is 10.2. The summed E-state index contributed by atoms with van der Waals surface area (Å²) >= 11 is 0. The predicted octanol–water partition coefficient (Wildman–Crippen LogP) is 1.38. The van der Waals surface area contributed by atoms with Gasteiger partial charge < -0.3 is 15.4 Å². The van der Waals surface area contributed by atoms with Crippen molar-refractivity contribution in [3.63, 3.8) is 0 Å². The van der Waals surface area contributed by atoms with Gasteiger partial charge in [-0.15, -0.1) is 0 Å². The molecular formula is C11H13N3O4S. The number of hydrogen-bond acceptors (Lipinski definition) is 6. The predicted molar refractivity (Wildman–Crippen MR) is 69.3 cm³/mol. The topological polar surface area (TPSA) is 118 Å². The van der Waals surface area contributed by atoms with E-state index in [2.05, 4.69) is 9.88 Å². The Labute approximate surface area is 110 Å². The first-order chi connectivity index (χ1) is 8.81. The molecule has 0 saturated heterocycles. The van der Waals surface area contributed by atoms with E-state index in [4.69, 9.17) is 10.3 Å². The van der Waals surface area contributed by atoms with Crippen LogP contribution in [0.5, 0.6) is 5.75 Å². The SMILES string of the molecule is Cc1noc(C)c1S(=O)(=O)Nc1ccc(O)cc1N. The lowest BCUT2D eigenvalue weighted by Gasteiger charge is -2.10. The second-order valence-electron chi connectivity index (χ2n) is 4.03. The third-order valence-corrected chi connectivity index (χ3v) is 4.13. The fourth-order valence-corrected chi connectivity index (χ4v) is 3.12. The molecule has 1 heterocycles. The van der Waals surface area contributed by atoms with Crippen molar-refractivity contribution in [3.05, 3.63) is 29.7 Å². The third kappa shape index (κ3) is 2.48. The lowest BCUT2D eigenvalue weighted by molar-refractivity contribution is 0.390. The highest BCUT2D eigenvalue weighted by Crippen LogP contribution is 2.27. The monoisotopic (exact) mass is 283 g/mol. The number of nitrogen functional groups attached to an aromatic ring is 1. The number of nitrogens with two attached hydrogens (primary N) is 1. The van der Waals surface area contributed by atoms with Gasteiger partial charge in [0, 0.05) is 6.07 Å². The fraction of sp³-hybridized carbons (Fsp3) is 0.182. The number of nitrogens with one attached hydrogen (secondary N) is 1. The average molecular weight is 283 g/mol. The maximum absolute atomic E-state index is 12.2. The van der Waals surface area contributed by atoms with Crippen molar-refractivity contribution in [2.75, 3.05) is 10.5 Å². The van der Waals surface area contributed by atoms with Crippen molar-refractivity contribution in [2.24, 2.45) is 0 Å². The Morgan fingerprint density at radius 1 is 1.37 bits per heavy atom. The van der Waals surface area contributed by atoms with Crippen LogP contribution in [0.4, 0.5) is 11.4 Å². The van der Waals surface area contributed by atoms with Gasteiger partial charge in [0.25, 0.3) is 10.0 Å². The molecule has 0 radical (unpaired) electrons. The number of anilines is 2. The van der Waals surface area contributed by atoms with E-state index in [1.165, 1.54) is 32.0 Å². The smallest absolute Gasteiger partial charge is 0.267 e. The molecule has 0 amide bonds. The number of benzene rings is 1. The maximum Gasteiger partial charge on any atom is 0.267 e. The van der Waals surface area contributed by atoms with Gasteiger partial charge >= 0.3 is 0 Å². The highest BCUT2D eigenvalue weighted by Gasteiger charge is 2.24. The van der Waals surface area contributed by atoms with Crippen LogP contribution in [0, 0.1) is 13.8 Å². The number of sulfonamides is 1. The number of hydrogen-bond donors (Lipinski definition) is 3. The second kappa shape index (κ2) is 4.47. The molecule has 7 nitrogen and oxygen atoms in total. The zero-order valence-corrected chi connectivity index (χ0v) is 11.2. The molecule has 0 aliphatic rings. The van der Waals surface area contributed by atoms with Crippen LogP contribution in [0.1, 0.15) is 11.5 Å². The molecule has 4 N–H and O–H groups in total. The molecule has 2 aromatic rings. The van der Waals surface area contributed by atoms with E-state index in [0.29, 0.717) is 0 Å². The molecule has 0 bridgehead atoms. The van der Waals surface area contributed by atoms with Crippen molar-refractivity contribution >= 4 is 21.4 Å². The molecular weight excluding hydrogens is 270 g/mol. The Hall–Kier alpha value is -2.22. The van der Waals surface area contributed by atoms with E-state index >= 15 is 0 Å². The summed E-state index contributed by atoms with van der Waals surface area (Å²) in [4.78, 5) is -0.0139. The first-order valence-electron chi connectivity index (χ1n) is 5.35. The number of nitrogens with zero attached hydrogens (tertiary/aromatic N) is 1. The molecule has 0 aliphatic carbocycles. The molecule has 0 unspecified atom stereocenters. The Morgan fingerprint density at radius 2 is 2.05 bits per heavy atom. The quantitative estimate of drug-likeness (QED) is 0.578. The van der Waals surface area contributed by atoms with Gasteiger partial charge in [0.1, 0.15) is 11.4 Å². The average Bonchev–Trinajstić information content (AvgIpc) is 2.63. The second-order valence-corrected chi connectivity index (χ2v) is 5.65. The normalized spacial score (nSPS) is 11.5. The summed E-state index contributed by atoms with van der Waals surface area (Å²) in [6, 6.07) is 3.97. The molecule has 8 heteroatoms. The summed E-state index contributed by atoms with van der Waals surface area (Å²) in [5.74, 6) is 0.153. The molecule has 0 atom stereocenters. The van der Waals surface area contributed by atoms with Crippen LogP contribution in [-0.4, -0.2) is 18.7 Å². The van der Waals surface area contributed by atoms with Crippen molar-refractivity contribution in [3.8, 4) is 5.75 Å². The van der Waals surface area contributed by atoms with E-state index in [0.717, 1.165) is 0 Å². The minimum absolute atomic E-state index is 0.0139. The molecule has 0 fully saturated rings. The van der Waals surface area contributed by atoms with Crippen molar-refractivity contribution in [2.45, 2.75) is 18.7 Å². The van der Waals surface area contributed by atoms with E-state index in [9.17, 15) is 13.5 Å². The summed E-state index contributed by atoms with van der Waals surface area (Å²) < 4.78 is 31.6. The Bertz CT molecular complexity index is 702. The standard InChI is InChI=1S/C11H13N3O4S/c1-6-11(7(2)18-13-6)19(16,17)14-10-4-3-8(15)5-9(10)12/h3-5,14-15H,12H2,1-2H3. The van der Waals surface area contributed by atoms with Gasteiger partial charge in [-0.25, -0.2) is 8.42 Å². The van der Waals surface area contributed by atoms with Gasteiger partial charge in [-0.05, 0) is 26.0 Å². The van der Waals surface area contributed by atoms with Gasteiger partial charge in [-0.3, -0.25) is 4.72 Å². The van der Waals surface area contributed by atoms with Crippen molar-refractivity contribution in [1.29, 1.82) is 0 Å². The number of rotatable bonds is 3. The van der Waals surface area contributed by atoms with Crippen LogP contribution in [0.2, 0.25) is 0 Å². The van der Waals surface area contributed by atoms with Gasteiger partial charge in [0.15, 0.2) is 10.7 Å². The highest BCUT2D eigenvalue weighted by molar-refractivity contribution is 7.92. The first kappa shape index (κ1) is 13.2. The highest BCUT2D eigenvalue weighted by atomic mass is 32.2. The lowest BCUT2D eigenvalue weighted by Crippen LogP contribution is -2.15. The van der Waals surface area contributed by atoms with Gasteiger partial charge in [-0.2, -0.15) is 0 Å². The number of aromatic hydroxyl groups is 1. The van der Waals surface area contributed by atoms with Crippen LogP contribution in [0.3, 0.4) is 0 Å². The van der Waals surface area contributed by atoms with Crippen molar-refractivity contribution in [1.82, 2.24) is 5.16 Å². The molecule has 0 aliphatic heterocycles. The van der Waals surface area contributed by atoms with E-state index < -0.39 is 10.0 Å². The van der Waals surface area contributed by atoms with Crippen LogP contribution < -0.4 is 10.5 Å². The minimum Gasteiger partial charge on any atom is -0.508 e. The number of aromatic nitrogens is 1. The maximum atomic E-state index is 12.2. The zero-order valence-electron chi connectivity index (χ0n) is 10.3. The number of phenolic OH excluding ortho intramolecular Hbond substituents is 1. The van der Waals surface area contributed by atoms with Crippen LogP contribution in [0.15, 0.2) is 27.6 Å². The molecule has 1 aromatic heterocycles. The number of phenols is 1. The largest absolute Gasteiger partial charge is 0.508 e. The van der Waals surface area contributed by atoms with Gasteiger partial charge in [-0.1, -0.05) is 5.16 Å². The molecule has 0 saturated carbocycles. The van der Waals surface area contributed by atoms with E-state index in [1.54, 1.807) is 0 Å². The molecule has 0 spiro atoms. The molecule has 19 heavy (non-hydrogen) atoms. The van der Waals surface area contributed by atoms with E-state index in [1.807, 2.05) is 0 Å². The molecule has 102 valence electrons. The summed E-state index contributed by atoms with van der Waals surface area (Å²) in [6.45, 7) is 3.04. The van der Waals surface area contributed by atoms with Crippen LogP contribution in [0.25, 0.3) is 0 Å². The summed E-state index contributed by atoms with van der Waals surface area (Å²) in [7, 11) is -3.83. The number of aryl methyl sites for hydroxylation is 2. The Morgan fingerprint density at radius 3 is 2.58 bits per heavy atom. The van der Waals surface area contributed by atoms with Gasteiger partial charge in [0.05, 0.1) is 11.4 Å². The summed E-state index contributed by atoms with van der Waals surface area (Å²) in [5.41, 5.74) is 6.20. The fourth-order valence-electron chi connectivity index (χ4n) is 1.70. The molecule has 1 aromatic carbocycles. The van der Waals surface area contributed by atoms with Gasteiger partial charge in [0.2, 0.25) is 0 Å². The van der Waals surface area contributed by atoms with E-state index in [-0.39, 0.29) is 33.5 Å². The third-order valence-electron chi connectivity index (χ3n) is 2.52. The molecule has 2 rings (SSSR count). The Kier molecular flexibility index (Phi) is 3.11. The van der Waals surface area contributed by atoms with Crippen LogP contribution in [-0.2, 0) is 10.0 Å².